The second kappa shape index (κ2) is 11.6. The molecule has 0 aliphatic carbocycles. The van der Waals surface area contributed by atoms with E-state index in [4.69, 9.17) is 14.2 Å². The second-order valence-electron chi connectivity index (χ2n) is 4.68. The highest BCUT2D eigenvalue weighted by Gasteiger charge is 2.06. The van der Waals surface area contributed by atoms with Gasteiger partial charge in [0.05, 0.1) is 23.0 Å². The van der Waals surface area contributed by atoms with Crippen molar-refractivity contribution in [3.63, 3.8) is 0 Å². The molecule has 0 aromatic heterocycles. The van der Waals surface area contributed by atoms with Gasteiger partial charge in [-0.1, -0.05) is 59.9 Å². The first-order valence-corrected chi connectivity index (χ1v) is 9.76. The van der Waals surface area contributed by atoms with E-state index < -0.39 is 0 Å². The van der Waals surface area contributed by atoms with Crippen LogP contribution in [0.4, 0.5) is 0 Å². The monoisotopic (exact) mass is 378 g/mol. The van der Waals surface area contributed by atoms with Crippen LogP contribution < -0.4 is 0 Å². The van der Waals surface area contributed by atoms with Gasteiger partial charge in [-0.25, -0.2) is 9.59 Å². The molecule has 0 unspecified atom stereocenters. The molecule has 0 aliphatic heterocycles. The van der Waals surface area contributed by atoms with Crippen molar-refractivity contribution in [1.29, 1.82) is 0 Å². The predicted octanol–water partition coefficient (Wildman–Crippen LogP) is 4.01. The highest BCUT2D eigenvalue weighted by molar-refractivity contribution is 7.99. The van der Waals surface area contributed by atoms with E-state index in [-0.39, 0.29) is 23.8 Å². The van der Waals surface area contributed by atoms with Crippen molar-refractivity contribution in [2.45, 2.75) is 0 Å². The summed E-state index contributed by atoms with van der Waals surface area (Å²) in [6, 6.07) is 17.6. The van der Waals surface area contributed by atoms with Crippen LogP contribution in [0.3, 0.4) is 0 Å². The fourth-order valence-electron chi connectivity index (χ4n) is 1.73. The molecular weight excluding hydrogens is 360 g/mol. The summed E-state index contributed by atoms with van der Waals surface area (Å²) >= 11 is 2.70. The van der Waals surface area contributed by atoms with Crippen molar-refractivity contribution in [2.24, 2.45) is 0 Å². The molecule has 2 aromatic carbocycles. The zero-order valence-corrected chi connectivity index (χ0v) is 15.1. The summed E-state index contributed by atoms with van der Waals surface area (Å²) < 4.78 is 15.6. The van der Waals surface area contributed by atoms with Gasteiger partial charge >= 0.3 is 11.9 Å². The molecule has 132 valence electrons. The molecule has 0 amide bonds. The number of esters is 2. The maximum atomic E-state index is 11.7. The molecule has 0 spiro atoms. The van der Waals surface area contributed by atoms with Crippen molar-refractivity contribution in [3.8, 4) is 0 Å². The van der Waals surface area contributed by atoms with Crippen molar-refractivity contribution in [1.82, 2.24) is 0 Å². The lowest BCUT2D eigenvalue weighted by molar-refractivity contribution is 0.0570. The number of ether oxygens (including phenoxy) is 3. The van der Waals surface area contributed by atoms with Gasteiger partial charge in [0.2, 0.25) is 0 Å². The minimum absolute atomic E-state index is 0.224. The number of hydrogen-bond donors (Lipinski definition) is 0. The smallest absolute Gasteiger partial charge is 0.338 e. The maximum Gasteiger partial charge on any atom is 0.338 e. The molecule has 0 saturated heterocycles. The maximum absolute atomic E-state index is 11.7. The molecule has 0 aliphatic rings. The lowest BCUT2D eigenvalue weighted by atomic mass is 10.2. The Morgan fingerprint density at radius 1 is 0.640 bits per heavy atom. The summed E-state index contributed by atoms with van der Waals surface area (Å²) in [7, 11) is 0. The van der Waals surface area contributed by atoms with Crippen molar-refractivity contribution in [3.05, 3.63) is 71.8 Å². The van der Waals surface area contributed by atoms with Gasteiger partial charge in [-0.05, 0) is 24.3 Å². The molecular formula is C18H18O5S2. The molecule has 0 atom stereocenters. The van der Waals surface area contributed by atoms with E-state index in [1.807, 2.05) is 12.1 Å². The average molecular weight is 378 g/mol. The lowest BCUT2D eigenvalue weighted by Gasteiger charge is -2.06. The number of thioether (sulfide) groups is 2. The van der Waals surface area contributed by atoms with Gasteiger partial charge in [-0.3, -0.25) is 0 Å². The molecule has 25 heavy (non-hydrogen) atoms. The molecule has 0 heterocycles. The molecule has 0 saturated carbocycles. The summed E-state index contributed by atoms with van der Waals surface area (Å²) in [5, 5.41) is 0. The fourth-order valence-corrected chi connectivity index (χ4v) is 2.75. The van der Waals surface area contributed by atoms with Crippen LogP contribution in [0, 0.1) is 0 Å². The van der Waals surface area contributed by atoms with Gasteiger partial charge in [0, 0.05) is 0 Å². The van der Waals surface area contributed by atoms with Crippen molar-refractivity contribution < 1.29 is 23.8 Å². The van der Waals surface area contributed by atoms with Crippen LogP contribution in [0.5, 0.6) is 0 Å². The van der Waals surface area contributed by atoms with Crippen molar-refractivity contribution in [2.75, 3.05) is 23.8 Å². The van der Waals surface area contributed by atoms with Gasteiger partial charge in [0.25, 0.3) is 0 Å². The molecule has 0 radical (unpaired) electrons. The predicted molar refractivity (Wildman–Crippen MR) is 99.5 cm³/mol. The molecule has 5 nitrogen and oxygen atoms in total. The largest absolute Gasteiger partial charge is 0.451 e. The zero-order valence-electron chi connectivity index (χ0n) is 13.5. The number of carbonyl (C=O) groups excluding carboxylic acids is 2. The van der Waals surface area contributed by atoms with E-state index >= 15 is 0 Å². The van der Waals surface area contributed by atoms with Gasteiger partial charge in [0.15, 0.2) is 0 Å². The van der Waals surface area contributed by atoms with Crippen LogP contribution in [0.2, 0.25) is 0 Å². The third-order valence-electron chi connectivity index (χ3n) is 2.90. The number of hydrogen-bond acceptors (Lipinski definition) is 7. The Morgan fingerprint density at radius 2 is 1.04 bits per heavy atom. The fraction of sp³-hybridized carbons (Fsp3) is 0.222. The molecule has 7 heteroatoms. The first kappa shape index (κ1) is 19.4. The Kier molecular flexibility index (Phi) is 8.96. The summed E-state index contributed by atoms with van der Waals surface area (Å²) in [4.78, 5) is 23.3. The van der Waals surface area contributed by atoms with E-state index in [1.54, 1.807) is 48.5 Å². The Bertz CT molecular complexity index is 592. The van der Waals surface area contributed by atoms with Crippen LogP contribution in [0.25, 0.3) is 0 Å². The summed E-state index contributed by atoms with van der Waals surface area (Å²) in [5.74, 6) is 0.525. The molecule has 0 fully saturated rings. The van der Waals surface area contributed by atoms with Crippen LogP contribution in [0.1, 0.15) is 20.7 Å². The Labute approximate surface area is 155 Å². The Balaban J connectivity index is 1.45. The lowest BCUT2D eigenvalue weighted by Crippen LogP contribution is -2.06. The molecule has 0 bridgehead atoms. The second-order valence-corrected chi connectivity index (χ2v) is 6.44. The highest BCUT2D eigenvalue weighted by atomic mass is 32.2. The molecule has 2 rings (SSSR count). The number of carbonyl (C=O) groups is 2. The van der Waals surface area contributed by atoms with Gasteiger partial charge in [-0.15, -0.1) is 0 Å². The summed E-state index contributed by atoms with van der Waals surface area (Å²) in [6.07, 6.45) is 0. The van der Waals surface area contributed by atoms with Crippen molar-refractivity contribution >= 4 is 35.5 Å². The number of rotatable bonds is 10. The van der Waals surface area contributed by atoms with Crippen LogP contribution in [0.15, 0.2) is 60.7 Å². The first-order chi connectivity index (χ1) is 12.3. The summed E-state index contributed by atoms with van der Waals surface area (Å²) in [5.41, 5.74) is 1.06. The third-order valence-corrected chi connectivity index (χ3v) is 4.13. The minimum atomic E-state index is -0.352. The highest BCUT2D eigenvalue weighted by Crippen LogP contribution is 2.09. The standard InChI is InChI=1S/C18H18O5S2/c19-17(15-7-3-1-4-8-15)22-13-24-11-21-12-25-14-23-18(20)16-9-5-2-6-10-16/h1-10H,11-14H2. The average Bonchev–Trinajstić information content (AvgIpc) is 2.67. The van der Waals surface area contributed by atoms with E-state index in [2.05, 4.69) is 0 Å². The van der Waals surface area contributed by atoms with E-state index in [0.29, 0.717) is 23.0 Å². The van der Waals surface area contributed by atoms with Gasteiger partial charge < -0.3 is 14.2 Å². The Hall–Kier alpha value is -1.96. The normalized spacial score (nSPS) is 10.2. The van der Waals surface area contributed by atoms with E-state index in [1.165, 1.54) is 23.5 Å². The first-order valence-electron chi connectivity index (χ1n) is 7.45. The van der Waals surface area contributed by atoms with Crippen LogP contribution in [-0.2, 0) is 14.2 Å². The topological polar surface area (TPSA) is 61.8 Å². The summed E-state index contributed by atoms with van der Waals surface area (Å²) in [6.45, 7) is 0. The number of benzene rings is 2. The SMILES string of the molecule is O=C(OCSCOCSCOC(=O)c1ccccc1)c1ccccc1. The van der Waals surface area contributed by atoms with Crippen LogP contribution >= 0.6 is 23.5 Å². The van der Waals surface area contributed by atoms with E-state index in [0.717, 1.165) is 0 Å². The third kappa shape index (κ3) is 7.64. The zero-order chi connectivity index (χ0) is 17.7. The van der Waals surface area contributed by atoms with Gasteiger partial charge in [0.1, 0.15) is 11.9 Å². The minimum Gasteiger partial charge on any atom is -0.451 e. The van der Waals surface area contributed by atoms with Crippen LogP contribution in [-0.4, -0.2) is 35.7 Å². The molecule has 2 aromatic rings. The molecule has 0 N–H and O–H groups in total. The quantitative estimate of drug-likeness (QED) is 0.352. The van der Waals surface area contributed by atoms with E-state index in [9.17, 15) is 9.59 Å². The Morgan fingerprint density at radius 3 is 1.44 bits per heavy atom. The van der Waals surface area contributed by atoms with Gasteiger partial charge in [-0.2, -0.15) is 0 Å².